The van der Waals surface area contributed by atoms with Crippen molar-refractivity contribution in [3.05, 3.63) is 88.9 Å². The highest BCUT2D eigenvalue weighted by Crippen LogP contribution is 2.35. The Morgan fingerprint density at radius 3 is 2.52 bits per heavy atom. The molecule has 0 heterocycles. The molecule has 3 aromatic carbocycles. The molecule has 0 bridgehead atoms. The van der Waals surface area contributed by atoms with E-state index in [4.69, 9.17) is 0 Å². The van der Waals surface area contributed by atoms with Gasteiger partial charge in [0.2, 0.25) is 0 Å². The Balaban J connectivity index is 2.19. The zero-order valence-electron chi connectivity index (χ0n) is 15.4. The fourth-order valence-corrected chi connectivity index (χ4v) is 3.53. The molecule has 0 aliphatic carbocycles. The monoisotopic (exact) mass is 417 g/mol. The topological polar surface area (TPSA) is 29.4 Å². The molecule has 0 aliphatic heterocycles. The second kappa shape index (κ2) is 8.28. The molecule has 0 saturated carbocycles. The van der Waals surface area contributed by atoms with Crippen molar-refractivity contribution in [1.29, 1.82) is 0 Å². The minimum absolute atomic E-state index is 0.0465. The Morgan fingerprint density at radius 2 is 1.81 bits per heavy atom. The quantitative estimate of drug-likeness (QED) is 0.321. The number of rotatable bonds is 5. The maximum absolute atomic E-state index is 11.9. The van der Waals surface area contributed by atoms with Gasteiger partial charge in [-0.2, -0.15) is 0 Å². The molecular formula is C24H20BrNO. The van der Waals surface area contributed by atoms with Crippen LogP contribution in [0.25, 0.3) is 27.6 Å². The van der Waals surface area contributed by atoms with E-state index >= 15 is 0 Å². The number of halogens is 1. The maximum atomic E-state index is 11.9. The third-order valence-corrected chi connectivity index (χ3v) is 4.82. The second-order valence-electron chi connectivity index (χ2n) is 6.24. The lowest BCUT2D eigenvalue weighted by molar-refractivity contribution is 0.101. The fraction of sp³-hybridized carbons (Fsp3) is 0.0833. The van der Waals surface area contributed by atoms with Crippen molar-refractivity contribution in [3.63, 3.8) is 0 Å². The molecule has 0 aliphatic rings. The van der Waals surface area contributed by atoms with Gasteiger partial charge in [0.1, 0.15) is 0 Å². The number of aliphatic imine (C=N–C) groups is 1. The minimum atomic E-state index is 0.0465. The third-order valence-electron chi connectivity index (χ3n) is 4.36. The molecule has 3 heteroatoms. The molecule has 0 unspecified atom stereocenters. The Bertz CT molecular complexity index is 1090. The summed E-state index contributed by atoms with van der Waals surface area (Å²) in [5.41, 5.74) is 4.48. The van der Waals surface area contributed by atoms with Crippen LogP contribution in [-0.2, 0) is 0 Å². The van der Waals surface area contributed by atoms with Crippen molar-refractivity contribution in [2.75, 3.05) is 0 Å². The van der Waals surface area contributed by atoms with Crippen LogP contribution in [0.1, 0.15) is 29.8 Å². The van der Waals surface area contributed by atoms with Gasteiger partial charge >= 0.3 is 0 Å². The molecule has 3 aromatic rings. The van der Waals surface area contributed by atoms with Crippen LogP contribution in [0.5, 0.6) is 0 Å². The maximum Gasteiger partial charge on any atom is 0.159 e. The molecule has 0 atom stereocenters. The molecule has 0 radical (unpaired) electrons. The summed E-state index contributed by atoms with van der Waals surface area (Å²) in [5.74, 6) is 0.0465. The number of carbonyl (C=O) groups is 1. The van der Waals surface area contributed by atoms with Crippen LogP contribution < -0.4 is 0 Å². The number of hydrogen-bond acceptors (Lipinski definition) is 2. The first-order chi connectivity index (χ1) is 13.0. The lowest BCUT2D eigenvalue weighted by atomic mass is 9.93. The van der Waals surface area contributed by atoms with E-state index in [-0.39, 0.29) is 5.78 Å². The number of allylic oxidation sites excluding steroid dienone is 2. The van der Waals surface area contributed by atoms with Gasteiger partial charge in [-0.05, 0) is 60.0 Å². The summed E-state index contributed by atoms with van der Waals surface area (Å²) in [6, 6.07) is 18.1. The zero-order valence-corrected chi connectivity index (χ0v) is 17.0. The Labute approximate surface area is 168 Å². The number of fused-ring (bicyclic) bond motifs is 1. The first kappa shape index (κ1) is 19.0. The van der Waals surface area contributed by atoms with Gasteiger partial charge in [-0.3, -0.25) is 9.79 Å². The number of carbonyl (C=O) groups excluding carboxylic acids is 1. The molecule has 0 saturated heterocycles. The molecular weight excluding hydrogens is 398 g/mol. The molecule has 134 valence electrons. The SMILES string of the molecule is C=C(N=C/C=C\C)c1ccc(-c2cc(Br)cc(C(C)=O)c2)c2ccccc12. The van der Waals surface area contributed by atoms with E-state index < -0.39 is 0 Å². The van der Waals surface area contributed by atoms with Crippen molar-refractivity contribution in [2.45, 2.75) is 13.8 Å². The Morgan fingerprint density at radius 1 is 1.07 bits per heavy atom. The number of ketones is 1. The second-order valence-corrected chi connectivity index (χ2v) is 7.16. The van der Waals surface area contributed by atoms with Gasteiger partial charge in [0.25, 0.3) is 0 Å². The lowest BCUT2D eigenvalue weighted by Gasteiger charge is -2.13. The minimum Gasteiger partial charge on any atom is -0.295 e. The number of hydrogen-bond donors (Lipinski definition) is 0. The summed E-state index contributed by atoms with van der Waals surface area (Å²) in [6.45, 7) is 7.65. The smallest absolute Gasteiger partial charge is 0.159 e. The number of Topliss-reactive ketones (excluding diaryl/α,β-unsaturated/α-hetero) is 1. The van der Waals surface area contributed by atoms with E-state index in [1.54, 1.807) is 13.1 Å². The van der Waals surface area contributed by atoms with E-state index in [0.29, 0.717) is 5.56 Å². The van der Waals surface area contributed by atoms with Crippen molar-refractivity contribution < 1.29 is 4.79 Å². The molecule has 2 nitrogen and oxygen atoms in total. The van der Waals surface area contributed by atoms with Gasteiger partial charge in [0.15, 0.2) is 5.78 Å². The average Bonchev–Trinajstić information content (AvgIpc) is 2.66. The first-order valence-corrected chi connectivity index (χ1v) is 9.49. The zero-order chi connectivity index (χ0) is 19.4. The predicted molar refractivity (Wildman–Crippen MR) is 119 cm³/mol. The molecule has 0 N–H and O–H groups in total. The Kier molecular flexibility index (Phi) is 5.82. The molecule has 0 amide bonds. The van der Waals surface area contributed by atoms with E-state index in [1.165, 1.54) is 0 Å². The summed E-state index contributed by atoms with van der Waals surface area (Å²) in [4.78, 5) is 16.3. The summed E-state index contributed by atoms with van der Waals surface area (Å²) < 4.78 is 0.888. The van der Waals surface area contributed by atoms with Crippen LogP contribution in [0, 0.1) is 0 Å². The van der Waals surface area contributed by atoms with E-state index in [2.05, 4.69) is 45.7 Å². The highest BCUT2D eigenvalue weighted by molar-refractivity contribution is 9.10. The van der Waals surface area contributed by atoms with Gasteiger partial charge < -0.3 is 0 Å². The van der Waals surface area contributed by atoms with E-state index in [0.717, 1.165) is 37.6 Å². The van der Waals surface area contributed by atoms with Crippen molar-refractivity contribution in [1.82, 2.24) is 0 Å². The van der Waals surface area contributed by atoms with Crippen molar-refractivity contribution in [2.24, 2.45) is 4.99 Å². The predicted octanol–water partition coefficient (Wildman–Crippen LogP) is 7.09. The fourth-order valence-electron chi connectivity index (χ4n) is 3.04. The van der Waals surface area contributed by atoms with Crippen LogP contribution >= 0.6 is 15.9 Å². The Hall–Kier alpha value is -2.78. The number of nitrogens with zero attached hydrogens (tertiary/aromatic N) is 1. The van der Waals surface area contributed by atoms with Gasteiger partial charge in [-0.25, -0.2) is 0 Å². The lowest BCUT2D eigenvalue weighted by Crippen LogP contribution is -1.94. The standard InChI is InChI=1S/C24H20BrNO/c1-4-5-12-26-16(2)21-10-11-22(24-9-7-6-8-23(21)24)19-13-18(17(3)27)14-20(25)15-19/h4-15H,2H2,1,3H3/b5-4-,26-12?. The van der Waals surface area contributed by atoms with Crippen LogP contribution in [0.15, 0.2) is 82.8 Å². The molecule has 0 spiro atoms. The summed E-state index contributed by atoms with van der Waals surface area (Å²) in [6.07, 6.45) is 5.56. The summed E-state index contributed by atoms with van der Waals surface area (Å²) in [5, 5.41) is 2.19. The van der Waals surface area contributed by atoms with Gasteiger partial charge in [0, 0.05) is 21.8 Å². The van der Waals surface area contributed by atoms with Crippen molar-refractivity contribution >= 4 is 44.4 Å². The third kappa shape index (κ3) is 4.15. The summed E-state index contributed by atoms with van der Waals surface area (Å²) >= 11 is 3.52. The van der Waals surface area contributed by atoms with Crippen LogP contribution in [-0.4, -0.2) is 12.0 Å². The van der Waals surface area contributed by atoms with Crippen LogP contribution in [0.2, 0.25) is 0 Å². The largest absolute Gasteiger partial charge is 0.295 e. The van der Waals surface area contributed by atoms with Gasteiger partial charge in [-0.1, -0.05) is 65.0 Å². The van der Waals surface area contributed by atoms with Crippen LogP contribution in [0.3, 0.4) is 0 Å². The molecule has 0 fully saturated rings. The highest BCUT2D eigenvalue weighted by Gasteiger charge is 2.11. The molecule has 3 rings (SSSR count). The average molecular weight is 418 g/mol. The van der Waals surface area contributed by atoms with Crippen LogP contribution in [0.4, 0.5) is 0 Å². The van der Waals surface area contributed by atoms with Gasteiger partial charge in [-0.15, -0.1) is 0 Å². The number of benzene rings is 3. The molecule has 27 heavy (non-hydrogen) atoms. The van der Waals surface area contributed by atoms with Gasteiger partial charge in [0.05, 0.1) is 5.70 Å². The highest BCUT2D eigenvalue weighted by atomic mass is 79.9. The molecule has 0 aromatic heterocycles. The first-order valence-electron chi connectivity index (χ1n) is 8.69. The summed E-state index contributed by atoms with van der Waals surface area (Å²) in [7, 11) is 0. The van der Waals surface area contributed by atoms with Crippen molar-refractivity contribution in [3.8, 4) is 11.1 Å². The van der Waals surface area contributed by atoms with E-state index in [9.17, 15) is 4.79 Å². The van der Waals surface area contributed by atoms with E-state index in [1.807, 2.05) is 55.5 Å². The normalized spacial score (nSPS) is 11.5.